The van der Waals surface area contributed by atoms with Gasteiger partial charge in [0.05, 0.1) is 15.8 Å². The van der Waals surface area contributed by atoms with Crippen LogP contribution >= 0.6 is 35.0 Å². The van der Waals surface area contributed by atoms with Gasteiger partial charge in [-0.25, -0.2) is 4.79 Å². The number of benzene rings is 1. The number of amides is 3. The molecule has 3 rings (SSSR count). The molecule has 0 spiro atoms. The summed E-state index contributed by atoms with van der Waals surface area (Å²) >= 11 is 13.8. The highest BCUT2D eigenvalue weighted by Gasteiger charge is 2.33. The van der Waals surface area contributed by atoms with Gasteiger partial charge in [0, 0.05) is 44.8 Å². The van der Waals surface area contributed by atoms with E-state index in [2.05, 4.69) is 10.2 Å². The molecule has 1 N–H and O–H groups in total. The van der Waals surface area contributed by atoms with E-state index >= 15 is 0 Å². The fourth-order valence-electron chi connectivity index (χ4n) is 3.46. The smallest absolute Gasteiger partial charge is 0.317 e. The Morgan fingerprint density at radius 1 is 1.14 bits per heavy atom. The number of nitrogens with one attached hydrogen (secondary N) is 1. The molecule has 2 fully saturated rings. The van der Waals surface area contributed by atoms with Gasteiger partial charge in [0.2, 0.25) is 5.91 Å². The first-order chi connectivity index (χ1) is 13.6. The van der Waals surface area contributed by atoms with E-state index in [0.29, 0.717) is 35.4 Å². The molecule has 2 heterocycles. The maximum Gasteiger partial charge on any atom is 0.317 e. The summed E-state index contributed by atoms with van der Waals surface area (Å²) in [6.07, 6.45) is 0. The van der Waals surface area contributed by atoms with Gasteiger partial charge in [-0.15, -0.1) is 11.8 Å². The van der Waals surface area contributed by atoms with E-state index in [1.165, 1.54) is 0 Å². The average molecular weight is 459 g/mol. The zero-order valence-electron chi connectivity index (χ0n) is 17.1. The zero-order chi connectivity index (χ0) is 21.2. The molecule has 6 nitrogen and oxygen atoms in total. The molecule has 0 unspecified atom stereocenters. The lowest BCUT2D eigenvalue weighted by atomic mass is 10.1. The lowest BCUT2D eigenvalue weighted by Gasteiger charge is -2.37. The number of hydrogen-bond donors (Lipinski definition) is 1. The third-order valence-electron chi connectivity index (χ3n) is 5.00. The van der Waals surface area contributed by atoms with Gasteiger partial charge >= 0.3 is 6.03 Å². The maximum atomic E-state index is 12.4. The monoisotopic (exact) mass is 458 g/mol. The number of piperazine rings is 1. The highest BCUT2D eigenvalue weighted by molar-refractivity contribution is 8.00. The number of carbonyl (C=O) groups excluding carboxylic acids is 2. The fraction of sp³-hybridized carbons (Fsp3) is 0.600. The Morgan fingerprint density at radius 3 is 2.45 bits per heavy atom. The number of halogens is 2. The van der Waals surface area contributed by atoms with Gasteiger partial charge in [-0.3, -0.25) is 9.69 Å². The molecular weight excluding hydrogens is 431 g/mol. The van der Waals surface area contributed by atoms with E-state index in [4.69, 9.17) is 23.2 Å². The first-order valence-electron chi connectivity index (χ1n) is 9.79. The topological polar surface area (TPSA) is 55.9 Å². The summed E-state index contributed by atoms with van der Waals surface area (Å²) in [6, 6.07) is 5.55. The van der Waals surface area contributed by atoms with E-state index in [-0.39, 0.29) is 22.9 Å². The Kier molecular flexibility index (Phi) is 7.25. The quantitative estimate of drug-likeness (QED) is 0.746. The van der Waals surface area contributed by atoms with E-state index in [9.17, 15) is 9.59 Å². The summed E-state index contributed by atoms with van der Waals surface area (Å²) in [7, 11) is 0. The highest BCUT2D eigenvalue weighted by atomic mass is 35.5. The van der Waals surface area contributed by atoms with Crippen molar-refractivity contribution in [3.05, 3.63) is 33.8 Å². The summed E-state index contributed by atoms with van der Waals surface area (Å²) in [5.41, 5.74) is 0.764. The van der Waals surface area contributed by atoms with Gasteiger partial charge < -0.3 is 15.1 Å². The van der Waals surface area contributed by atoms with Gasteiger partial charge in [0.1, 0.15) is 5.37 Å². The van der Waals surface area contributed by atoms with Crippen LogP contribution in [0, 0.1) is 0 Å². The van der Waals surface area contributed by atoms with Gasteiger partial charge in [-0.2, -0.15) is 0 Å². The van der Waals surface area contributed by atoms with Crippen LogP contribution in [0.1, 0.15) is 31.7 Å². The molecule has 0 bridgehead atoms. The molecule has 29 heavy (non-hydrogen) atoms. The number of rotatable bonds is 4. The molecule has 2 aliphatic heterocycles. The van der Waals surface area contributed by atoms with Crippen molar-refractivity contribution in [1.29, 1.82) is 0 Å². The van der Waals surface area contributed by atoms with Crippen molar-refractivity contribution in [2.24, 2.45) is 0 Å². The van der Waals surface area contributed by atoms with Crippen LogP contribution in [0.4, 0.5) is 4.79 Å². The molecule has 9 heteroatoms. The van der Waals surface area contributed by atoms with Crippen molar-refractivity contribution in [2.45, 2.75) is 31.7 Å². The molecule has 1 atom stereocenters. The standard InChI is InChI=1S/C20H28Cl2N4O2S/c1-20(2,3)23-19(28)25-9-6-24(7-10-25)8-11-26-17(27)13-29-18(26)14-4-5-15(21)16(22)12-14/h4-5,12,18H,6-11,13H2,1-3H3,(H,23,28)/t18-/m0/s1. The molecule has 2 aliphatic rings. The third kappa shape index (κ3) is 5.94. The van der Waals surface area contributed by atoms with Crippen molar-refractivity contribution in [3.8, 4) is 0 Å². The lowest BCUT2D eigenvalue weighted by molar-refractivity contribution is -0.128. The molecule has 0 aliphatic carbocycles. The summed E-state index contributed by atoms with van der Waals surface area (Å²) in [5, 5.41) is 4.01. The minimum atomic E-state index is -0.235. The minimum Gasteiger partial charge on any atom is -0.333 e. The van der Waals surface area contributed by atoms with Crippen molar-refractivity contribution in [1.82, 2.24) is 20.0 Å². The van der Waals surface area contributed by atoms with Gasteiger partial charge in [0.25, 0.3) is 0 Å². The molecule has 1 aromatic rings. The Bertz CT molecular complexity index is 763. The van der Waals surface area contributed by atoms with Crippen LogP contribution in [0.5, 0.6) is 0 Å². The van der Waals surface area contributed by atoms with Crippen LogP contribution in [0.15, 0.2) is 18.2 Å². The summed E-state index contributed by atoms with van der Waals surface area (Å²) in [6.45, 7) is 10.4. The fourth-order valence-corrected chi connectivity index (χ4v) is 4.98. The van der Waals surface area contributed by atoms with Gasteiger partial charge in [-0.1, -0.05) is 29.3 Å². The molecule has 160 valence electrons. The van der Waals surface area contributed by atoms with E-state index < -0.39 is 0 Å². The largest absolute Gasteiger partial charge is 0.333 e. The number of thioether (sulfide) groups is 1. The highest BCUT2D eigenvalue weighted by Crippen LogP contribution is 2.40. The van der Waals surface area contributed by atoms with E-state index in [1.54, 1.807) is 17.8 Å². The predicted octanol–water partition coefficient (Wildman–Crippen LogP) is 3.69. The van der Waals surface area contributed by atoms with Crippen molar-refractivity contribution < 1.29 is 9.59 Å². The zero-order valence-corrected chi connectivity index (χ0v) is 19.4. The van der Waals surface area contributed by atoms with Crippen molar-refractivity contribution in [3.63, 3.8) is 0 Å². The van der Waals surface area contributed by atoms with Crippen LogP contribution in [0.2, 0.25) is 10.0 Å². The second-order valence-electron chi connectivity index (χ2n) is 8.43. The first kappa shape index (κ1) is 22.5. The molecule has 1 aromatic carbocycles. The SMILES string of the molecule is CC(C)(C)NC(=O)N1CCN(CCN2C(=O)CS[C@H]2c2ccc(Cl)c(Cl)c2)CC1. The second-order valence-corrected chi connectivity index (χ2v) is 10.3. The van der Waals surface area contributed by atoms with E-state index in [1.807, 2.05) is 42.7 Å². The summed E-state index contributed by atoms with van der Waals surface area (Å²) in [4.78, 5) is 30.8. The Labute approximate surface area is 186 Å². The van der Waals surface area contributed by atoms with E-state index in [0.717, 1.165) is 25.2 Å². The van der Waals surface area contributed by atoms with Gasteiger partial charge in [0.15, 0.2) is 0 Å². The van der Waals surface area contributed by atoms with Crippen molar-refractivity contribution >= 4 is 46.9 Å². The molecular formula is C20H28Cl2N4O2S. The van der Waals surface area contributed by atoms with Crippen LogP contribution in [0.3, 0.4) is 0 Å². The van der Waals surface area contributed by atoms with Crippen LogP contribution in [0.25, 0.3) is 0 Å². The lowest BCUT2D eigenvalue weighted by Crippen LogP contribution is -2.55. The predicted molar refractivity (Wildman–Crippen MR) is 120 cm³/mol. The molecule has 0 saturated carbocycles. The molecule has 3 amide bonds. The Hall–Kier alpha value is -1.15. The summed E-state index contributed by atoms with van der Waals surface area (Å²) in [5.74, 6) is 0.625. The van der Waals surface area contributed by atoms with Crippen molar-refractivity contribution in [2.75, 3.05) is 45.0 Å². The third-order valence-corrected chi connectivity index (χ3v) is 6.99. The Morgan fingerprint density at radius 2 is 1.83 bits per heavy atom. The maximum absolute atomic E-state index is 12.4. The molecule has 0 radical (unpaired) electrons. The average Bonchev–Trinajstić information content (AvgIpc) is 3.02. The Balaban J connectivity index is 1.52. The number of hydrogen-bond acceptors (Lipinski definition) is 4. The molecule has 2 saturated heterocycles. The van der Waals surface area contributed by atoms with Crippen LogP contribution < -0.4 is 5.32 Å². The second kappa shape index (κ2) is 9.33. The number of urea groups is 1. The summed E-state index contributed by atoms with van der Waals surface area (Å²) < 4.78 is 0. The molecule has 0 aromatic heterocycles. The minimum absolute atomic E-state index is 0.0112. The number of nitrogens with zero attached hydrogens (tertiary/aromatic N) is 3. The number of carbonyl (C=O) groups is 2. The first-order valence-corrected chi connectivity index (χ1v) is 11.6. The van der Waals surface area contributed by atoms with Crippen LogP contribution in [-0.4, -0.2) is 77.2 Å². The van der Waals surface area contributed by atoms with Gasteiger partial charge in [-0.05, 0) is 38.5 Å². The van der Waals surface area contributed by atoms with Crippen LogP contribution in [-0.2, 0) is 4.79 Å². The normalized spacial score (nSPS) is 21.0.